The predicted molar refractivity (Wildman–Crippen MR) is 180 cm³/mol. The first-order valence-corrected chi connectivity index (χ1v) is 15.2. The third-order valence-corrected chi connectivity index (χ3v) is 9.05. The van der Waals surface area contributed by atoms with E-state index in [-0.39, 0.29) is 5.82 Å². The van der Waals surface area contributed by atoms with Gasteiger partial charge in [0.15, 0.2) is 5.82 Å². The standard InChI is InChI=1S/C39H24FN3S/c40-32-18-15-28(16-19-32)36-23-35(42-39(43-36)29-13-9-26(10-14-29)31-4-3-21-41-24-31)27-11-7-25(8-12-27)30-17-20-38-34(22-30)33-5-1-2-6-37(33)44-38/h1-24H. The van der Waals surface area contributed by atoms with Crippen molar-refractivity contribution < 1.29 is 4.39 Å². The van der Waals surface area contributed by atoms with E-state index in [1.54, 1.807) is 18.3 Å². The molecule has 0 saturated heterocycles. The molecule has 0 bridgehead atoms. The lowest BCUT2D eigenvalue weighted by Crippen LogP contribution is -1.96. The van der Waals surface area contributed by atoms with Crippen molar-refractivity contribution in [1.29, 1.82) is 0 Å². The average molecular weight is 586 g/mol. The SMILES string of the molecule is Fc1ccc(-c2cc(-c3ccc(-c4ccc5sc6ccccc6c5c4)cc3)nc(-c3ccc(-c4cccnc4)cc3)n2)cc1. The summed E-state index contributed by atoms with van der Waals surface area (Å²) in [7, 11) is 0. The Morgan fingerprint density at radius 1 is 0.455 bits per heavy atom. The van der Waals surface area contributed by atoms with E-state index < -0.39 is 0 Å². The molecule has 0 spiro atoms. The second kappa shape index (κ2) is 11.0. The molecule has 0 N–H and O–H groups in total. The second-order valence-electron chi connectivity index (χ2n) is 10.7. The summed E-state index contributed by atoms with van der Waals surface area (Å²) in [5, 5.41) is 2.58. The van der Waals surface area contributed by atoms with Crippen LogP contribution in [0.1, 0.15) is 0 Å². The molecule has 8 rings (SSSR count). The highest BCUT2D eigenvalue weighted by atomic mass is 32.1. The lowest BCUT2D eigenvalue weighted by molar-refractivity contribution is 0.628. The molecule has 5 heteroatoms. The van der Waals surface area contributed by atoms with Crippen molar-refractivity contribution in [3.8, 4) is 56.2 Å². The van der Waals surface area contributed by atoms with Crippen LogP contribution >= 0.6 is 11.3 Å². The second-order valence-corrected chi connectivity index (χ2v) is 11.8. The Morgan fingerprint density at radius 3 is 1.75 bits per heavy atom. The van der Waals surface area contributed by atoms with Crippen molar-refractivity contribution >= 4 is 31.5 Å². The van der Waals surface area contributed by atoms with Gasteiger partial charge in [0.2, 0.25) is 0 Å². The molecule has 0 aliphatic heterocycles. The fraction of sp³-hybridized carbons (Fsp3) is 0. The van der Waals surface area contributed by atoms with Crippen molar-refractivity contribution in [1.82, 2.24) is 15.0 Å². The molecule has 5 aromatic carbocycles. The Balaban J connectivity index is 1.18. The van der Waals surface area contributed by atoms with Crippen LogP contribution in [0.3, 0.4) is 0 Å². The highest BCUT2D eigenvalue weighted by molar-refractivity contribution is 7.25. The number of nitrogens with zero attached hydrogens (tertiary/aromatic N) is 3. The lowest BCUT2D eigenvalue weighted by atomic mass is 10.00. The van der Waals surface area contributed by atoms with Gasteiger partial charge in [-0.2, -0.15) is 0 Å². The number of halogens is 1. The average Bonchev–Trinajstić information content (AvgIpc) is 3.47. The number of thiophene rings is 1. The van der Waals surface area contributed by atoms with E-state index in [0.29, 0.717) is 5.82 Å². The zero-order chi connectivity index (χ0) is 29.5. The lowest BCUT2D eigenvalue weighted by Gasteiger charge is -2.11. The number of rotatable bonds is 5. The van der Waals surface area contributed by atoms with E-state index in [4.69, 9.17) is 9.97 Å². The van der Waals surface area contributed by atoms with Gasteiger partial charge in [-0.1, -0.05) is 78.9 Å². The summed E-state index contributed by atoms with van der Waals surface area (Å²) in [6, 6.07) is 44.3. The minimum atomic E-state index is -0.279. The van der Waals surface area contributed by atoms with Crippen molar-refractivity contribution in [2.45, 2.75) is 0 Å². The Bertz CT molecular complexity index is 2260. The Labute approximate surface area is 258 Å². The van der Waals surface area contributed by atoms with Crippen LogP contribution in [-0.4, -0.2) is 15.0 Å². The van der Waals surface area contributed by atoms with Gasteiger partial charge in [-0.3, -0.25) is 4.98 Å². The van der Waals surface area contributed by atoms with Gasteiger partial charge in [-0.15, -0.1) is 11.3 Å². The summed E-state index contributed by atoms with van der Waals surface area (Å²) in [5.41, 5.74) is 8.69. The molecule has 3 heterocycles. The van der Waals surface area contributed by atoms with E-state index in [0.717, 1.165) is 44.8 Å². The fourth-order valence-electron chi connectivity index (χ4n) is 5.58. The molecule has 44 heavy (non-hydrogen) atoms. The molecule has 208 valence electrons. The van der Waals surface area contributed by atoms with Gasteiger partial charge in [-0.25, -0.2) is 14.4 Å². The smallest absolute Gasteiger partial charge is 0.160 e. The van der Waals surface area contributed by atoms with Crippen molar-refractivity contribution in [3.05, 3.63) is 152 Å². The molecule has 0 aliphatic rings. The third kappa shape index (κ3) is 4.93. The van der Waals surface area contributed by atoms with E-state index in [1.165, 1.54) is 37.9 Å². The maximum atomic E-state index is 13.8. The largest absolute Gasteiger partial charge is 0.264 e. The summed E-state index contributed by atoms with van der Waals surface area (Å²) in [4.78, 5) is 14.1. The molecule has 0 saturated carbocycles. The number of hydrogen-bond acceptors (Lipinski definition) is 4. The maximum absolute atomic E-state index is 13.8. The molecule has 0 unspecified atom stereocenters. The van der Waals surface area contributed by atoms with Crippen LogP contribution in [0.25, 0.3) is 76.3 Å². The van der Waals surface area contributed by atoms with Gasteiger partial charge in [0.25, 0.3) is 0 Å². The van der Waals surface area contributed by atoms with Crippen LogP contribution in [-0.2, 0) is 0 Å². The molecule has 0 atom stereocenters. The summed E-state index contributed by atoms with van der Waals surface area (Å²) in [6.07, 6.45) is 3.62. The van der Waals surface area contributed by atoms with Gasteiger partial charge in [0, 0.05) is 49.3 Å². The molecule has 8 aromatic rings. The first-order valence-electron chi connectivity index (χ1n) is 14.4. The van der Waals surface area contributed by atoms with Crippen LogP contribution in [0.5, 0.6) is 0 Å². The highest BCUT2D eigenvalue weighted by Crippen LogP contribution is 2.37. The van der Waals surface area contributed by atoms with Crippen LogP contribution in [0.2, 0.25) is 0 Å². The third-order valence-electron chi connectivity index (χ3n) is 7.89. The van der Waals surface area contributed by atoms with Crippen LogP contribution in [0.15, 0.2) is 146 Å². The predicted octanol–water partition coefficient (Wildman–Crippen LogP) is 10.7. The minimum Gasteiger partial charge on any atom is -0.264 e. The number of fused-ring (bicyclic) bond motifs is 3. The molecule has 0 amide bonds. The fourth-order valence-corrected chi connectivity index (χ4v) is 6.66. The summed E-state index contributed by atoms with van der Waals surface area (Å²) in [5.74, 6) is 0.330. The van der Waals surface area contributed by atoms with E-state index in [1.807, 2.05) is 47.9 Å². The molecule has 0 radical (unpaired) electrons. The normalized spacial score (nSPS) is 11.3. The molecular weight excluding hydrogens is 562 g/mol. The first kappa shape index (κ1) is 26.1. The molecule has 0 aliphatic carbocycles. The highest BCUT2D eigenvalue weighted by Gasteiger charge is 2.12. The Morgan fingerprint density at radius 2 is 1.05 bits per heavy atom. The quantitative estimate of drug-likeness (QED) is 0.202. The van der Waals surface area contributed by atoms with Crippen LogP contribution in [0.4, 0.5) is 4.39 Å². The number of pyridine rings is 1. The first-order chi connectivity index (χ1) is 21.7. The van der Waals surface area contributed by atoms with Crippen LogP contribution < -0.4 is 0 Å². The van der Waals surface area contributed by atoms with Gasteiger partial charge in [0.05, 0.1) is 11.4 Å². The summed E-state index contributed by atoms with van der Waals surface area (Å²) in [6.45, 7) is 0. The summed E-state index contributed by atoms with van der Waals surface area (Å²) < 4.78 is 16.4. The van der Waals surface area contributed by atoms with Crippen molar-refractivity contribution in [2.24, 2.45) is 0 Å². The van der Waals surface area contributed by atoms with Gasteiger partial charge < -0.3 is 0 Å². The summed E-state index contributed by atoms with van der Waals surface area (Å²) >= 11 is 1.83. The zero-order valence-corrected chi connectivity index (χ0v) is 24.3. The monoisotopic (exact) mass is 585 g/mol. The van der Waals surface area contributed by atoms with Gasteiger partial charge >= 0.3 is 0 Å². The van der Waals surface area contributed by atoms with Crippen molar-refractivity contribution in [3.63, 3.8) is 0 Å². The van der Waals surface area contributed by atoms with Crippen LogP contribution in [0, 0.1) is 5.82 Å². The molecule has 3 nitrogen and oxygen atoms in total. The van der Waals surface area contributed by atoms with E-state index >= 15 is 0 Å². The Kier molecular flexibility index (Phi) is 6.51. The number of hydrogen-bond donors (Lipinski definition) is 0. The zero-order valence-electron chi connectivity index (χ0n) is 23.5. The molecule has 3 aromatic heterocycles. The maximum Gasteiger partial charge on any atom is 0.160 e. The van der Waals surface area contributed by atoms with Gasteiger partial charge in [-0.05, 0) is 76.9 Å². The topological polar surface area (TPSA) is 38.7 Å². The number of aromatic nitrogens is 3. The van der Waals surface area contributed by atoms with E-state index in [9.17, 15) is 4.39 Å². The van der Waals surface area contributed by atoms with Crippen molar-refractivity contribution in [2.75, 3.05) is 0 Å². The van der Waals surface area contributed by atoms with Gasteiger partial charge in [0.1, 0.15) is 5.82 Å². The minimum absolute atomic E-state index is 0.279. The molecular formula is C39H24FN3S. The van der Waals surface area contributed by atoms with E-state index in [2.05, 4.69) is 83.8 Å². The Hall–Kier alpha value is -5.52. The number of benzene rings is 5. The molecule has 0 fully saturated rings.